The molecule has 2 aliphatic rings. The molecule has 0 bridgehead atoms. The van der Waals surface area contributed by atoms with Crippen molar-refractivity contribution < 1.29 is 4.39 Å². The molecule has 3 aromatic heterocycles. The van der Waals surface area contributed by atoms with E-state index in [1.807, 2.05) is 16.6 Å². The van der Waals surface area contributed by atoms with Gasteiger partial charge in [-0.3, -0.25) is 0 Å². The van der Waals surface area contributed by atoms with Crippen LogP contribution in [-0.4, -0.2) is 49.4 Å². The van der Waals surface area contributed by atoms with Crippen molar-refractivity contribution >= 4 is 17.4 Å². The summed E-state index contributed by atoms with van der Waals surface area (Å²) in [6.07, 6.45) is 5.95. The summed E-state index contributed by atoms with van der Waals surface area (Å²) in [4.78, 5) is 10.1. The Bertz CT molecular complexity index is 914. The molecule has 1 saturated heterocycles. The van der Waals surface area contributed by atoms with Crippen LogP contribution in [0, 0.1) is 11.7 Å². The Morgan fingerprint density at radius 1 is 1.12 bits per heavy atom. The van der Waals surface area contributed by atoms with E-state index in [1.54, 1.807) is 0 Å². The maximum absolute atomic E-state index is 12.8. The van der Waals surface area contributed by atoms with Crippen LogP contribution in [0.4, 0.5) is 16.2 Å². The van der Waals surface area contributed by atoms with Gasteiger partial charge in [0.1, 0.15) is 5.82 Å². The Balaban J connectivity index is 1.22. The normalized spacial score (nSPS) is 18.0. The lowest BCUT2D eigenvalue weighted by atomic mass is 9.85. The molecule has 0 aromatic carbocycles. The van der Waals surface area contributed by atoms with Crippen molar-refractivity contribution in [2.45, 2.75) is 25.2 Å². The number of rotatable bonds is 5. The average molecular weight is 354 g/mol. The zero-order valence-corrected chi connectivity index (χ0v) is 14.2. The maximum Gasteiger partial charge on any atom is 0.222 e. The molecule has 134 valence electrons. The number of nitrogens with zero attached hydrogens (tertiary/aromatic N) is 7. The van der Waals surface area contributed by atoms with Crippen LogP contribution in [-0.2, 0) is 0 Å². The van der Waals surface area contributed by atoms with Crippen LogP contribution in [0.1, 0.15) is 31.0 Å². The predicted octanol–water partition coefficient (Wildman–Crippen LogP) is 1.87. The molecule has 1 aliphatic heterocycles. The molecule has 1 N–H and O–H groups in total. The topological polar surface area (TPSA) is 84.1 Å². The molecule has 8 nitrogen and oxygen atoms in total. The molecule has 1 aliphatic carbocycles. The van der Waals surface area contributed by atoms with Crippen LogP contribution < -0.4 is 10.2 Å². The van der Waals surface area contributed by atoms with Crippen LogP contribution in [0.3, 0.4) is 0 Å². The molecular weight excluding hydrogens is 335 g/mol. The third-order valence-corrected chi connectivity index (χ3v) is 5.19. The quantitative estimate of drug-likeness (QED) is 0.749. The van der Waals surface area contributed by atoms with Crippen LogP contribution in [0.25, 0.3) is 5.65 Å². The number of nitrogens with one attached hydrogen (secondary N) is 1. The van der Waals surface area contributed by atoms with Gasteiger partial charge in [0.25, 0.3) is 0 Å². The van der Waals surface area contributed by atoms with Crippen molar-refractivity contribution in [2.24, 2.45) is 5.92 Å². The van der Waals surface area contributed by atoms with Gasteiger partial charge in [-0.15, -0.1) is 15.3 Å². The second-order valence-electron chi connectivity index (χ2n) is 7.02. The molecule has 26 heavy (non-hydrogen) atoms. The summed E-state index contributed by atoms with van der Waals surface area (Å²) in [5, 5.41) is 16.5. The Morgan fingerprint density at radius 2 is 1.92 bits per heavy atom. The first-order chi connectivity index (χ1) is 12.8. The molecule has 0 atom stereocenters. The van der Waals surface area contributed by atoms with E-state index in [-0.39, 0.29) is 0 Å². The van der Waals surface area contributed by atoms with Crippen LogP contribution in [0.5, 0.6) is 0 Å². The van der Waals surface area contributed by atoms with Crippen molar-refractivity contribution in [1.82, 2.24) is 29.8 Å². The van der Waals surface area contributed by atoms with E-state index in [4.69, 9.17) is 5.10 Å². The van der Waals surface area contributed by atoms with Gasteiger partial charge in [-0.05, 0) is 25.0 Å². The molecular formula is C17H19FN8. The summed E-state index contributed by atoms with van der Waals surface area (Å²) < 4.78 is 14.7. The Morgan fingerprint density at radius 3 is 2.65 bits per heavy atom. The summed E-state index contributed by atoms with van der Waals surface area (Å²) >= 11 is 0. The SMILES string of the molecule is Fc1cnc(NCC2CN(c3ccc4nnc(C5CCC5)n4n3)C2)nc1. The zero-order valence-electron chi connectivity index (χ0n) is 14.2. The van der Waals surface area contributed by atoms with Gasteiger partial charge >= 0.3 is 0 Å². The summed E-state index contributed by atoms with van der Waals surface area (Å²) in [6, 6.07) is 3.98. The van der Waals surface area contributed by atoms with Gasteiger partial charge in [-0.2, -0.15) is 4.52 Å². The van der Waals surface area contributed by atoms with Gasteiger partial charge in [-0.1, -0.05) is 6.42 Å². The predicted molar refractivity (Wildman–Crippen MR) is 93.6 cm³/mol. The van der Waals surface area contributed by atoms with Crippen molar-refractivity contribution in [1.29, 1.82) is 0 Å². The van der Waals surface area contributed by atoms with Crippen LogP contribution >= 0.6 is 0 Å². The Hall–Kier alpha value is -2.84. The van der Waals surface area contributed by atoms with Crippen molar-refractivity contribution in [3.8, 4) is 0 Å². The highest BCUT2D eigenvalue weighted by atomic mass is 19.1. The van der Waals surface area contributed by atoms with E-state index < -0.39 is 5.82 Å². The minimum absolute atomic E-state index is 0.429. The second kappa shape index (κ2) is 6.15. The number of hydrogen-bond acceptors (Lipinski definition) is 7. The average Bonchev–Trinajstić information content (AvgIpc) is 2.97. The van der Waals surface area contributed by atoms with Gasteiger partial charge in [0, 0.05) is 31.5 Å². The smallest absolute Gasteiger partial charge is 0.222 e. The summed E-state index contributed by atoms with van der Waals surface area (Å²) in [7, 11) is 0. The molecule has 9 heteroatoms. The number of anilines is 2. The summed E-state index contributed by atoms with van der Waals surface area (Å²) in [6.45, 7) is 2.57. The molecule has 2 fully saturated rings. The van der Waals surface area contributed by atoms with E-state index in [0.29, 0.717) is 17.8 Å². The number of halogens is 1. The minimum Gasteiger partial charge on any atom is -0.354 e. The first-order valence-corrected chi connectivity index (χ1v) is 8.95. The van der Waals surface area contributed by atoms with Crippen LogP contribution in [0.2, 0.25) is 0 Å². The largest absolute Gasteiger partial charge is 0.354 e. The lowest BCUT2D eigenvalue weighted by Gasteiger charge is -2.40. The first-order valence-electron chi connectivity index (χ1n) is 8.95. The fraction of sp³-hybridized carbons (Fsp3) is 0.471. The lowest BCUT2D eigenvalue weighted by Crippen LogP contribution is -2.50. The van der Waals surface area contributed by atoms with E-state index in [1.165, 1.54) is 31.7 Å². The van der Waals surface area contributed by atoms with Gasteiger partial charge in [0.05, 0.1) is 12.4 Å². The molecule has 3 aromatic rings. The molecule has 0 amide bonds. The third kappa shape index (κ3) is 2.73. The second-order valence-corrected chi connectivity index (χ2v) is 7.02. The van der Waals surface area contributed by atoms with Crippen molar-refractivity contribution in [3.63, 3.8) is 0 Å². The highest BCUT2D eigenvalue weighted by molar-refractivity contribution is 5.48. The standard InChI is InChI=1S/C17H19FN8/c18-13-7-20-17(21-8-13)19-6-11-9-25(10-11)15-5-4-14-22-23-16(26(14)24-15)12-2-1-3-12/h4-5,7-8,11-12H,1-3,6,9-10H2,(H,19,20,21). The van der Waals surface area contributed by atoms with E-state index >= 15 is 0 Å². The van der Waals surface area contributed by atoms with Gasteiger partial charge in [0.2, 0.25) is 5.95 Å². The highest BCUT2D eigenvalue weighted by Crippen LogP contribution is 2.35. The molecule has 0 spiro atoms. The highest BCUT2D eigenvalue weighted by Gasteiger charge is 2.29. The molecule has 0 unspecified atom stereocenters. The molecule has 0 radical (unpaired) electrons. The zero-order chi connectivity index (χ0) is 17.5. The minimum atomic E-state index is -0.429. The first kappa shape index (κ1) is 15.4. The van der Waals surface area contributed by atoms with Crippen molar-refractivity contribution in [2.75, 3.05) is 29.9 Å². The van der Waals surface area contributed by atoms with Gasteiger partial charge in [0.15, 0.2) is 17.3 Å². The third-order valence-electron chi connectivity index (χ3n) is 5.19. The van der Waals surface area contributed by atoms with E-state index in [9.17, 15) is 4.39 Å². The fourth-order valence-electron chi connectivity index (χ4n) is 3.41. The van der Waals surface area contributed by atoms with Crippen molar-refractivity contribution in [3.05, 3.63) is 36.2 Å². The summed E-state index contributed by atoms with van der Waals surface area (Å²) in [5.74, 6) is 2.94. The van der Waals surface area contributed by atoms with E-state index in [0.717, 1.165) is 36.9 Å². The Labute approximate surface area is 149 Å². The van der Waals surface area contributed by atoms with E-state index in [2.05, 4.69) is 30.4 Å². The fourth-order valence-corrected chi connectivity index (χ4v) is 3.41. The molecule has 4 heterocycles. The number of hydrogen-bond donors (Lipinski definition) is 1. The molecule has 5 rings (SSSR count). The van der Waals surface area contributed by atoms with Gasteiger partial charge < -0.3 is 10.2 Å². The number of fused-ring (bicyclic) bond motifs is 1. The monoisotopic (exact) mass is 354 g/mol. The lowest BCUT2D eigenvalue weighted by molar-refractivity contribution is 0.393. The van der Waals surface area contributed by atoms with Gasteiger partial charge in [-0.25, -0.2) is 14.4 Å². The summed E-state index contributed by atoms with van der Waals surface area (Å²) in [5.41, 5.74) is 0.808. The molecule has 1 saturated carbocycles. The maximum atomic E-state index is 12.8. The number of aromatic nitrogens is 6. The Kier molecular flexibility index (Phi) is 3.65. The van der Waals surface area contributed by atoms with Crippen LogP contribution in [0.15, 0.2) is 24.5 Å².